The SMILES string of the molecule is C#CCN(C)c1cccc(C#N)c1N. The van der Waals surface area contributed by atoms with Gasteiger partial charge in [-0.05, 0) is 12.1 Å². The fraction of sp³-hybridized carbons (Fsp3) is 0.182. The van der Waals surface area contributed by atoms with Crippen LogP contribution in [0, 0.1) is 23.7 Å². The Hall–Kier alpha value is -2.13. The smallest absolute Gasteiger partial charge is 0.101 e. The molecule has 1 aromatic rings. The number of nitrogen functional groups attached to an aromatic ring is 1. The maximum Gasteiger partial charge on any atom is 0.101 e. The molecule has 0 amide bonds. The monoisotopic (exact) mass is 185 g/mol. The van der Waals surface area contributed by atoms with Gasteiger partial charge in [-0.15, -0.1) is 6.42 Å². The second-order valence-corrected chi connectivity index (χ2v) is 2.91. The van der Waals surface area contributed by atoms with E-state index in [9.17, 15) is 0 Å². The van der Waals surface area contributed by atoms with Crippen LogP contribution in [0.4, 0.5) is 11.4 Å². The van der Waals surface area contributed by atoms with Crippen molar-refractivity contribution < 1.29 is 0 Å². The molecule has 0 fully saturated rings. The lowest BCUT2D eigenvalue weighted by Gasteiger charge is -2.18. The van der Waals surface area contributed by atoms with Crippen LogP contribution in [0.5, 0.6) is 0 Å². The van der Waals surface area contributed by atoms with Crippen molar-refractivity contribution in [2.24, 2.45) is 0 Å². The highest BCUT2D eigenvalue weighted by atomic mass is 15.1. The molecule has 0 spiro atoms. The maximum atomic E-state index is 8.77. The Morgan fingerprint density at radius 2 is 2.29 bits per heavy atom. The van der Waals surface area contributed by atoms with Crippen molar-refractivity contribution in [1.29, 1.82) is 5.26 Å². The summed E-state index contributed by atoms with van der Waals surface area (Å²) >= 11 is 0. The molecular formula is C11H11N3. The summed E-state index contributed by atoms with van der Waals surface area (Å²) in [5, 5.41) is 8.77. The lowest BCUT2D eigenvalue weighted by Crippen LogP contribution is -2.18. The molecule has 14 heavy (non-hydrogen) atoms. The average molecular weight is 185 g/mol. The summed E-state index contributed by atoms with van der Waals surface area (Å²) in [4.78, 5) is 1.83. The van der Waals surface area contributed by atoms with E-state index in [-0.39, 0.29) is 0 Å². The Labute approximate surface area is 83.7 Å². The topological polar surface area (TPSA) is 53.0 Å². The largest absolute Gasteiger partial charge is 0.396 e. The first kappa shape index (κ1) is 9.95. The van der Waals surface area contributed by atoms with Crippen LogP contribution in [-0.4, -0.2) is 13.6 Å². The Morgan fingerprint density at radius 1 is 1.57 bits per heavy atom. The zero-order valence-electron chi connectivity index (χ0n) is 7.99. The summed E-state index contributed by atoms with van der Waals surface area (Å²) in [6.07, 6.45) is 5.19. The molecule has 3 heteroatoms. The van der Waals surface area contributed by atoms with E-state index in [1.54, 1.807) is 12.1 Å². The molecule has 2 N–H and O–H groups in total. The van der Waals surface area contributed by atoms with Gasteiger partial charge in [0, 0.05) is 7.05 Å². The number of hydrogen-bond acceptors (Lipinski definition) is 3. The zero-order valence-corrected chi connectivity index (χ0v) is 7.99. The van der Waals surface area contributed by atoms with Crippen molar-refractivity contribution in [2.75, 3.05) is 24.2 Å². The van der Waals surface area contributed by atoms with Crippen LogP contribution < -0.4 is 10.6 Å². The highest BCUT2D eigenvalue weighted by Gasteiger charge is 2.07. The van der Waals surface area contributed by atoms with Crippen molar-refractivity contribution in [1.82, 2.24) is 0 Å². The molecule has 0 heterocycles. The molecule has 70 valence electrons. The Bertz CT molecular complexity index is 410. The molecule has 3 nitrogen and oxygen atoms in total. The van der Waals surface area contributed by atoms with Gasteiger partial charge in [-0.2, -0.15) is 5.26 Å². The molecule has 0 aliphatic carbocycles. The van der Waals surface area contributed by atoms with Gasteiger partial charge in [0.2, 0.25) is 0 Å². The summed E-state index contributed by atoms with van der Waals surface area (Å²) in [7, 11) is 1.84. The van der Waals surface area contributed by atoms with Gasteiger partial charge in [0.15, 0.2) is 0 Å². The molecule has 0 unspecified atom stereocenters. The van der Waals surface area contributed by atoms with Gasteiger partial charge in [-0.3, -0.25) is 0 Å². The fourth-order valence-corrected chi connectivity index (χ4v) is 1.21. The van der Waals surface area contributed by atoms with Gasteiger partial charge in [-0.1, -0.05) is 12.0 Å². The molecule has 0 bridgehead atoms. The average Bonchev–Trinajstić information content (AvgIpc) is 2.18. The second-order valence-electron chi connectivity index (χ2n) is 2.91. The van der Waals surface area contributed by atoms with Crippen molar-refractivity contribution in [3.63, 3.8) is 0 Å². The molecule has 0 atom stereocenters. The number of hydrogen-bond donors (Lipinski definition) is 1. The first-order valence-electron chi connectivity index (χ1n) is 4.14. The van der Waals surface area contributed by atoms with Gasteiger partial charge in [0.25, 0.3) is 0 Å². The first-order chi connectivity index (χ1) is 6.70. The molecule has 0 radical (unpaired) electrons. The summed E-state index contributed by atoms with van der Waals surface area (Å²) in [5.41, 5.74) is 7.54. The Morgan fingerprint density at radius 3 is 2.86 bits per heavy atom. The lowest BCUT2D eigenvalue weighted by molar-refractivity contribution is 1.05. The number of benzene rings is 1. The van der Waals surface area contributed by atoms with E-state index in [4.69, 9.17) is 17.4 Å². The van der Waals surface area contributed by atoms with E-state index < -0.39 is 0 Å². The predicted octanol–water partition coefficient (Wildman–Crippen LogP) is 1.21. The number of nitrogens with two attached hydrogens (primary N) is 1. The molecule has 0 saturated carbocycles. The number of anilines is 2. The summed E-state index contributed by atoms with van der Waals surface area (Å²) in [6, 6.07) is 7.34. The molecule has 1 aromatic carbocycles. The number of nitriles is 1. The van der Waals surface area contributed by atoms with Crippen molar-refractivity contribution >= 4 is 11.4 Å². The highest BCUT2D eigenvalue weighted by molar-refractivity contribution is 5.73. The number of nitrogens with zero attached hydrogens (tertiary/aromatic N) is 2. The summed E-state index contributed by atoms with van der Waals surface area (Å²) in [5.74, 6) is 2.52. The zero-order chi connectivity index (χ0) is 10.6. The minimum atomic E-state index is 0.471. The first-order valence-corrected chi connectivity index (χ1v) is 4.14. The van der Waals surface area contributed by atoms with Crippen LogP contribution in [0.3, 0.4) is 0 Å². The second kappa shape index (κ2) is 4.20. The van der Waals surface area contributed by atoms with Crippen LogP contribution in [0.2, 0.25) is 0 Å². The standard InChI is InChI=1S/C11H11N3/c1-3-7-14(2)10-6-4-5-9(8-12)11(10)13/h1,4-6H,7,13H2,2H3. The van der Waals surface area contributed by atoms with E-state index in [2.05, 4.69) is 5.92 Å². The van der Waals surface area contributed by atoms with Gasteiger partial charge >= 0.3 is 0 Å². The third-order valence-electron chi connectivity index (χ3n) is 1.94. The van der Waals surface area contributed by atoms with E-state index in [1.165, 1.54) is 0 Å². The number of rotatable bonds is 2. The minimum Gasteiger partial charge on any atom is -0.396 e. The summed E-state index contributed by atoms with van der Waals surface area (Å²) in [6.45, 7) is 0.471. The fourth-order valence-electron chi connectivity index (χ4n) is 1.21. The molecule has 0 aromatic heterocycles. The highest BCUT2D eigenvalue weighted by Crippen LogP contribution is 2.24. The third kappa shape index (κ3) is 1.78. The molecular weight excluding hydrogens is 174 g/mol. The molecule has 0 aliphatic rings. The normalized spacial score (nSPS) is 8.79. The third-order valence-corrected chi connectivity index (χ3v) is 1.94. The minimum absolute atomic E-state index is 0.471. The maximum absolute atomic E-state index is 8.77. The van der Waals surface area contributed by atoms with Gasteiger partial charge in [0.05, 0.1) is 23.5 Å². The predicted molar refractivity (Wildman–Crippen MR) is 57.7 cm³/mol. The van der Waals surface area contributed by atoms with E-state index in [0.717, 1.165) is 5.69 Å². The van der Waals surface area contributed by atoms with Crippen molar-refractivity contribution in [2.45, 2.75) is 0 Å². The van der Waals surface area contributed by atoms with Crippen LogP contribution in [0.25, 0.3) is 0 Å². The van der Waals surface area contributed by atoms with Crippen LogP contribution in [0.1, 0.15) is 5.56 Å². The van der Waals surface area contributed by atoms with Crippen molar-refractivity contribution in [3.05, 3.63) is 23.8 Å². The van der Waals surface area contributed by atoms with Crippen LogP contribution in [-0.2, 0) is 0 Å². The van der Waals surface area contributed by atoms with Gasteiger partial charge in [0.1, 0.15) is 6.07 Å². The van der Waals surface area contributed by atoms with Crippen LogP contribution >= 0.6 is 0 Å². The lowest BCUT2D eigenvalue weighted by atomic mass is 10.1. The Kier molecular flexibility index (Phi) is 2.99. The Balaban J connectivity index is 3.12. The quantitative estimate of drug-likeness (QED) is 0.556. The number of para-hydroxylation sites is 1. The van der Waals surface area contributed by atoms with E-state index in [0.29, 0.717) is 17.8 Å². The molecule has 0 aliphatic heterocycles. The number of terminal acetylenes is 1. The molecule has 0 saturated heterocycles. The van der Waals surface area contributed by atoms with Gasteiger partial charge in [-0.25, -0.2) is 0 Å². The molecule has 1 rings (SSSR count). The van der Waals surface area contributed by atoms with E-state index >= 15 is 0 Å². The van der Waals surface area contributed by atoms with E-state index in [1.807, 2.05) is 24.1 Å². The van der Waals surface area contributed by atoms with Crippen molar-refractivity contribution in [3.8, 4) is 18.4 Å². The van der Waals surface area contributed by atoms with Crippen LogP contribution in [0.15, 0.2) is 18.2 Å². The summed E-state index contributed by atoms with van der Waals surface area (Å²) < 4.78 is 0. The van der Waals surface area contributed by atoms with Gasteiger partial charge < -0.3 is 10.6 Å².